The van der Waals surface area contributed by atoms with Crippen molar-refractivity contribution >= 4 is 0 Å². The summed E-state index contributed by atoms with van der Waals surface area (Å²) in [6, 6.07) is 10.8. The number of nitrogens with zero attached hydrogens (tertiary/aromatic N) is 1. The van der Waals surface area contributed by atoms with Crippen molar-refractivity contribution in [1.82, 2.24) is 4.90 Å². The van der Waals surface area contributed by atoms with Gasteiger partial charge in [-0.05, 0) is 37.7 Å². The summed E-state index contributed by atoms with van der Waals surface area (Å²) in [6.45, 7) is 8.50. The van der Waals surface area contributed by atoms with Crippen molar-refractivity contribution in [2.45, 2.75) is 26.2 Å². The van der Waals surface area contributed by atoms with Gasteiger partial charge in [0.05, 0.1) is 0 Å². The first kappa shape index (κ1) is 11.3. The van der Waals surface area contributed by atoms with Crippen LogP contribution >= 0.6 is 0 Å². The van der Waals surface area contributed by atoms with E-state index in [0.717, 1.165) is 5.92 Å². The van der Waals surface area contributed by atoms with Crippen LogP contribution in [-0.2, 0) is 6.42 Å². The normalized spacial score (nSPS) is 17.4. The smallest absolute Gasteiger partial charge is 0.0177 e. The lowest BCUT2D eigenvalue weighted by Crippen LogP contribution is -2.32. The van der Waals surface area contributed by atoms with Gasteiger partial charge in [-0.1, -0.05) is 36.9 Å². The zero-order valence-corrected chi connectivity index (χ0v) is 10.2. The van der Waals surface area contributed by atoms with E-state index in [4.69, 9.17) is 0 Å². The molecule has 1 aromatic carbocycles. The maximum absolute atomic E-state index is 4.01. The molecule has 1 aliphatic rings. The average Bonchev–Trinajstić information content (AvgIpc) is 2.31. The Hall–Kier alpha value is -1.24. The van der Waals surface area contributed by atoms with Crippen molar-refractivity contribution < 1.29 is 0 Å². The summed E-state index contributed by atoms with van der Waals surface area (Å²) in [6.07, 6.45) is 3.86. The lowest BCUT2D eigenvalue weighted by Gasteiger charge is -2.33. The Labute approximate surface area is 98.8 Å². The van der Waals surface area contributed by atoms with Crippen molar-refractivity contribution in [2.24, 2.45) is 5.92 Å². The van der Waals surface area contributed by atoms with Gasteiger partial charge in [0.2, 0.25) is 0 Å². The predicted octanol–water partition coefficient (Wildman–Crippen LogP) is 3.47. The Morgan fingerprint density at radius 1 is 1.25 bits per heavy atom. The SMILES string of the molecule is C=C(C)N1CCC(Cc2ccccc2)CC1. The van der Waals surface area contributed by atoms with E-state index in [-0.39, 0.29) is 0 Å². The molecule has 0 bridgehead atoms. The molecule has 0 saturated carbocycles. The lowest BCUT2D eigenvalue weighted by molar-refractivity contribution is 0.227. The van der Waals surface area contributed by atoms with Gasteiger partial charge in [-0.15, -0.1) is 0 Å². The molecule has 0 unspecified atom stereocenters. The first-order valence-corrected chi connectivity index (χ1v) is 6.20. The van der Waals surface area contributed by atoms with Crippen LogP contribution in [0.2, 0.25) is 0 Å². The van der Waals surface area contributed by atoms with Crippen molar-refractivity contribution in [2.75, 3.05) is 13.1 Å². The fourth-order valence-corrected chi connectivity index (χ4v) is 2.47. The number of benzene rings is 1. The summed E-state index contributed by atoms with van der Waals surface area (Å²) in [5.41, 5.74) is 2.70. The largest absolute Gasteiger partial charge is 0.376 e. The van der Waals surface area contributed by atoms with Gasteiger partial charge in [0.1, 0.15) is 0 Å². The second kappa shape index (κ2) is 5.20. The van der Waals surface area contributed by atoms with Gasteiger partial charge in [-0.2, -0.15) is 0 Å². The van der Waals surface area contributed by atoms with E-state index in [1.807, 2.05) is 0 Å². The van der Waals surface area contributed by atoms with Crippen molar-refractivity contribution in [3.8, 4) is 0 Å². The van der Waals surface area contributed by atoms with E-state index >= 15 is 0 Å². The summed E-state index contributed by atoms with van der Waals surface area (Å²) in [7, 11) is 0. The molecule has 2 rings (SSSR count). The van der Waals surface area contributed by atoms with E-state index in [1.54, 1.807) is 0 Å². The van der Waals surface area contributed by atoms with Crippen LogP contribution in [-0.4, -0.2) is 18.0 Å². The molecular weight excluding hydrogens is 194 g/mol. The van der Waals surface area contributed by atoms with Crippen molar-refractivity contribution in [3.05, 3.63) is 48.2 Å². The minimum atomic E-state index is 0.859. The average molecular weight is 215 g/mol. The topological polar surface area (TPSA) is 3.24 Å². The summed E-state index contributed by atoms with van der Waals surface area (Å²) in [5.74, 6) is 0.859. The van der Waals surface area contributed by atoms with E-state index in [9.17, 15) is 0 Å². The third-order valence-electron chi connectivity index (χ3n) is 3.52. The number of hydrogen-bond acceptors (Lipinski definition) is 1. The van der Waals surface area contributed by atoms with Crippen LogP contribution in [0.1, 0.15) is 25.3 Å². The minimum absolute atomic E-state index is 0.859. The highest BCUT2D eigenvalue weighted by molar-refractivity contribution is 5.15. The van der Waals surface area contributed by atoms with Gasteiger partial charge in [-0.3, -0.25) is 0 Å². The van der Waals surface area contributed by atoms with Crippen molar-refractivity contribution in [3.63, 3.8) is 0 Å². The third-order valence-corrected chi connectivity index (χ3v) is 3.52. The molecule has 1 aliphatic heterocycles. The Kier molecular flexibility index (Phi) is 3.66. The number of likely N-dealkylation sites (tertiary alicyclic amines) is 1. The molecular formula is C15H21N. The molecule has 0 aliphatic carbocycles. The Morgan fingerprint density at radius 2 is 1.88 bits per heavy atom. The van der Waals surface area contributed by atoms with E-state index in [2.05, 4.69) is 48.7 Å². The van der Waals surface area contributed by atoms with Gasteiger partial charge in [0.25, 0.3) is 0 Å². The number of piperidine rings is 1. The van der Waals surface area contributed by atoms with Gasteiger partial charge in [0, 0.05) is 18.8 Å². The van der Waals surface area contributed by atoms with Crippen LogP contribution in [0.3, 0.4) is 0 Å². The van der Waals surface area contributed by atoms with Gasteiger partial charge >= 0.3 is 0 Å². The molecule has 0 atom stereocenters. The van der Waals surface area contributed by atoms with Gasteiger partial charge in [-0.25, -0.2) is 0 Å². The highest BCUT2D eigenvalue weighted by Crippen LogP contribution is 2.23. The molecule has 1 heterocycles. The highest BCUT2D eigenvalue weighted by Gasteiger charge is 2.18. The molecule has 0 spiro atoms. The molecule has 1 fully saturated rings. The monoisotopic (exact) mass is 215 g/mol. The first-order valence-electron chi connectivity index (χ1n) is 6.20. The maximum Gasteiger partial charge on any atom is 0.0177 e. The molecule has 0 amide bonds. The summed E-state index contributed by atoms with van der Waals surface area (Å²) >= 11 is 0. The van der Waals surface area contributed by atoms with E-state index in [0.29, 0.717) is 0 Å². The van der Waals surface area contributed by atoms with E-state index < -0.39 is 0 Å². The fraction of sp³-hybridized carbons (Fsp3) is 0.467. The van der Waals surface area contributed by atoms with Crippen molar-refractivity contribution in [1.29, 1.82) is 0 Å². The molecule has 16 heavy (non-hydrogen) atoms. The zero-order valence-electron chi connectivity index (χ0n) is 10.2. The minimum Gasteiger partial charge on any atom is -0.376 e. The number of hydrogen-bond donors (Lipinski definition) is 0. The Balaban J connectivity index is 1.84. The standard InChI is InChI=1S/C15H21N/c1-13(2)16-10-8-15(9-11-16)12-14-6-4-3-5-7-14/h3-7,15H,1,8-12H2,2H3. The molecule has 1 nitrogen and oxygen atoms in total. The van der Waals surface area contributed by atoms with Crippen LogP contribution < -0.4 is 0 Å². The van der Waals surface area contributed by atoms with Crippen LogP contribution in [0.15, 0.2) is 42.6 Å². The van der Waals surface area contributed by atoms with E-state index in [1.165, 1.54) is 43.6 Å². The summed E-state index contributed by atoms with van der Waals surface area (Å²) in [4.78, 5) is 2.40. The molecule has 0 radical (unpaired) electrons. The second-order valence-corrected chi connectivity index (χ2v) is 4.86. The van der Waals surface area contributed by atoms with Crippen LogP contribution in [0.5, 0.6) is 0 Å². The molecule has 1 heteroatoms. The Morgan fingerprint density at radius 3 is 2.44 bits per heavy atom. The second-order valence-electron chi connectivity index (χ2n) is 4.86. The Bertz CT molecular complexity index is 334. The zero-order chi connectivity index (χ0) is 11.4. The quantitative estimate of drug-likeness (QED) is 0.746. The van der Waals surface area contributed by atoms with Crippen LogP contribution in [0, 0.1) is 5.92 Å². The number of rotatable bonds is 3. The lowest BCUT2D eigenvalue weighted by atomic mass is 9.90. The molecule has 0 aromatic heterocycles. The van der Waals surface area contributed by atoms with Crippen LogP contribution in [0.4, 0.5) is 0 Å². The predicted molar refractivity (Wildman–Crippen MR) is 69.3 cm³/mol. The summed E-state index contributed by atoms with van der Waals surface area (Å²) < 4.78 is 0. The maximum atomic E-state index is 4.01. The highest BCUT2D eigenvalue weighted by atomic mass is 15.1. The molecule has 86 valence electrons. The molecule has 0 N–H and O–H groups in total. The number of allylic oxidation sites excluding steroid dienone is 1. The molecule has 1 saturated heterocycles. The molecule has 1 aromatic rings. The first-order chi connectivity index (χ1) is 7.75. The van der Waals surface area contributed by atoms with Crippen LogP contribution in [0.25, 0.3) is 0 Å². The van der Waals surface area contributed by atoms with Gasteiger partial charge < -0.3 is 4.90 Å². The fourth-order valence-electron chi connectivity index (χ4n) is 2.47. The van der Waals surface area contributed by atoms with Gasteiger partial charge in [0.15, 0.2) is 0 Å². The third kappa shape index (κ3) is 2.88. The summed E-state index contributed by atoms with van der Waals surface area (Å²) in [5, 5.41) is 0.